The summed E-state index contributed by atoms with van der Waals surface area (Å²) in [5, 5.41) is 6.54. The van der Waals surface area contributed by atoms with Crippen molar-refractivity contribution >= 4 is 23.5 Å². The normalized spacial score (nSPS) is 13.0. The molecule has 0 bridgehead atoms. The average Bonchev–Trinajstić information content (AvgIpc) is 3.38. The monoisotopic (exact) mass is 460 g/mol. The highest BCUT2D eigenvalue weighted by atomic mass is 35.5. The van der Waals surface area contributed by atoms with Crippen molar-refractivity contribution in [3.05, 3.63) is 64.1 Å². The van der Waals surface area contributed by atoms with Crippen LogP contribution in [0.5, 0.6) is 11.5 Å². The van der Waals surface area contributed by atoms with Gasteiger partial charge in [-0.3, -0.25) is 4.79 Å². The molecule has 2 aromatic carbocycles. The second-order valence-corrected chi connectivity index (χ2v) is 7.44. The number of carbonyl (C=O) groups excluding carboxylic acids is 2. The molecule has 0 fully saturated rings. The lowest BCUT2D eigenvalue weighted by Gasteiger charge is -2.15. The minimum atomic E-state index is -0.885. The van der Waals surface area contributed by atoms with Crippen LogP contribution in [0.1, 0.15) is 34.6 Å². The van der Waals surface area contributed by atoms with Gasteiger partial charge in [0.25, 0.3) is 5.91 Å². The zero-order chi connectivity index (χ0) is 22.8. The minimum absolute atomic E-state index is 0.0580. The third kappa shape index (κ3) is 4.24. The van der Waals surface area contributed by atoms with Gasteiger partial charge >= 0.3 is 5.97 Å². The maximum Gasteiger partial charge on any atom is 0.344 e. The fourth-order valence-electron chi connectivity index (χ4n) is 3.26. The Morgan fingerprint density at radius 3 is 2.81 bits per heavy atom. The molecule has 1 amide bonds. The van der Waals surface area contributed by atoms with Crippen molar-refractivity contribution in [2.24, 2.45) is 0 Å². The van der Waals surface area contributed by atoms with Gasteiger partial charge in [-0.15, -0.1) is 0 Å². The van der Waals surface area contributed by atoms with Crippen molar-refractivity contribution in [3.8, 4) is 22.8 Å². The van der Waals surface area contributed by atoms with Crippen LogP contribution < -0.4 is 14.8 Å². The number of aromatic nitrogens is 1. The zero-order valence-electron chi connectivity index (χ0n) is 17.1. The van der Waals surface area contributed by atoms with Crippen LogP contribution >= 0.6 is 11.6 Å². The van der Waals surface area contributed by atoms with Crippen LogP contribution in [0, 0.1) is 12.7 Å². The number of nitrogens with one attached hydrogen (secondary N) is 1. The van der Waals surface area contributed by atoms with Crippen molar-refractivity contribution in [1.82, 2.24) is 10.5 Å². The van der Waals surface area contributed by atoms with E-state index < -0.39 is 24.3 Å². The number of rotatable bonds is 6. The van der Waals surface area contributed by atoms with Crippen LogP contribution in [-0.2, 0) is 9.53 Å². The van der Waals surface area contributed by atoms with E-state index in [9.17, 15) is 14.0 Å². The molecule has 1 aliphatic rings. The Kier molecular flexibility index (Phi) is 6.00. The van der Waals surface area contributed by atoms with E-state index in [1.165, 1.54) is 25.1 Å². The van der Waals surface area contributed by atoms with Gasteiger partial charge in [-0.25, -0.2) is 9.18 Å². The maximum absolute atomic E-state index is 14.3. The smallest absolute Gasteiger partial charge is 0.344 e. The first-order valence-corrected chi connectivity index (χ1v) is 9.99. The van der Waals surface area contributed by atoms with Gasteiger partial charge in [0.1, 0.15) is 22.8 Å². The number of hydrogen-bond donors (Lipinski definition) is 1. The van der Waals surface area contributed by atoms with Crippen molar-refractivity contribution in [1.29, 1.82) is 0 Å². The number of aryl methyl sites for hydroxylation is 1. The number of nitrogens with zero attached hydrogens (tertiary/aromatic N) is 1. The number of ether oxygens (including phenoxy) is 3. The number of benzene rings is 2. The molecule has 1 aliphatic heterocycles. The molecule has 0 saturated carbocycles. The van der Waals surface area contributed by atoms with Gasteiger partial charge in [-0.1, -0.05) is 28.9 Å². The van der Waals surface area contributed by atoms with E-state index in [0.717, 1.165) is 5.56 Å². The lowest BCUT2D eigenvalue weighted by Crippen LogP contribution is -2.31. The average molecular weight is 461 g/mol. The van der Waals surface area contributed by atoms with Crippen LogP contribution in [0.4, 0.5) is 4.39 Å². The highest BCUT2D eigenvalue weighted by Crippen LogP contribution is 2.35. The molecular weight excluding hydrogens is 443 g/mol. The Balaban J connectivity index is 1.42. The number of carbonyl (C=O) groups is 2. The second-order valence-electron chi connectivity index (χ2n) is 7.04. The highest BCUT2D eigenvalue weighted by Gasteiger charge is 2.27. The standard InChI is InChI=1S/C22H18ClFN2O6/c1-11(13-6-7-16-17(8-13)31-10-30-16)25-18(27)9-29-22(28)19-12(2)32-26-21(19)20-14(23)4-3-5-15(20)24/h3-8,11H,9-10H2,1-2H3,(H,25,27). The number of esters is 1. The Labute approximate surface area is 187 Å². The lowest BCUT2D eigenvalue weighted by atomic mass is 10.1. The van der Waals surface area contributed by atoms with Gasteiger partial charge in [0.15, 0.2) is 18.1 Å². The summed E-state index contributed by atoms with van der Waals surface area (Å²) in [5.74, 6) is -0.742. The van der Waals surface area contributed by atoms with Gasteiger partial charge in [0, 0.05) is 0 Å². The molecule has 166 valence electrons. The maximum atomic E-state index is 14.3. The topological polar surface area (TPSA) is 99.9 Å². The van der Waals surface area contributed by atoms with E-state index in [-0.39, 0.29) is 40.4 Å². The predicted octanol–water partition coefficient (Wildman–Crippen LogP) is 4.21. The van der Waals surface area contributed by atoms with E-state index >= 15 is 0 Å². The van der Waals surface area contributed by atoms with Crippen LogP contribution in [-0.4, -0.2) is 30.4 Å². The van der Waals surface area contributed by atoms with Gasteiger partial charge < -0.3 is 24.1 Å². The molecule has 0 saturated heterocycles. The summed E-state index contributed by atoms with van der Waals surface area (Å²) in [4.78, 5) is 25.0. The summed E-state index contributed by atoms with van der Waals surface area (Å²) in [7, 11) is 0. The molecule has 1 aromatic heterocycles. The summed E-state index contributed by atoms with van der Waals surface area (Å²) in [6.45, 7) is 2.85. The van der Waals surface area contributed by atoms with Gasteiger partial charge in [0.2, 0.25) is 6.79 Å². The van der Waals surface area contributed by atoms with E-state index in [1.807, 2.05) is 0 Å². The summed E-state index contributed by atoms with van der Waals surface area (Å²) < 4.78 is 35.1. The summed E-state index contributed by atoms with van der Waals surface area (Å²) in [6.07, 6.45) is 0. The third-order valence-electron chi connectivity index (χ3n) is 4.87. The van der Waals surface area contributed by atoms with Crippen LogP contribution in [0.25, 0.3) is 11.3 Å². The largest absolute Gasteiger partial charge is 0.454 e. The lowest BCUT2D eigenvalue weighted by molar-refractivity contribution is -0.124. The number of amides is 1. The number of halogens is 2. The molecule has 1 N–H and O–H groups in total. The van der Waals surface area contributed by atoms with E-state index in [4.69, 9.17) is 30.3 Å². The fourth-order valence-corrected chi connectivity index (χ4v) is 3.51. The molecule has 4 rings (SSSR count). The fraction of sp³-hybridized carbons (Fsp3) is 0.227. The van der Waals surface area contributed by atoms with Crippen molar-refractivity contribution < 1.29 is 32.7 Å². The molecule has 0 spiro atoms. The quantitative estimate of drug-likeness (QED) is 0.550. The second kappa shape index (κ2) is 8.88. The number of fused-ring (bicyclic) bond motifs is 1. The Hall–Kier alpha value is -3.59. The van der Waals surface area contributed by atoms with Gasteiger partial charge in [-0.05, 0) is 43.7 Å². The Morgan fingerprint density at radius 2 is 2.03 bits per heavy atom. The van der Waals surface area contributed by atoms with Crippen molar-refractivity contribution in [3.63, 3.8) is 0 Å². The van der Waals surface area contributed by atoms with Crippen LogP contribution in [0.3, 0.4) is 0 Å². The molecule has 0 radical (unpaired) electrons. The zero-order valence-corrected chi connectivity index (χ0v) is 17.9. The first-order chi connectivity index (χ1) is 15.3. The highest BCUT2D eigenvalue weighted by molar-refractivity contribution is 6.33. The minimum Gasteiger partial charge on any atom is -0.454 e. The van der Waals surface area contributed by atoms with E-state index in [0.29, 0.717) is 11.5 Å². The van der Waals surface area contributed by atoms with Gasteiger partial charge in [-0.2, -0.15) is 0 Å². The van der Waals surface area contributed by atoms with E-state index in [1.54, 1.807) is 25.1 Å². The molecule has 10 heteroatoms. The van der Waals surface area contributed by atoms with Crippen molar-refractivity contribution in [2.75, 3.05) is 13.4 Å². The molecular formula is C22H18ClFN2O6. The summed E-state index contributed by atoms with van der Waals surface area (Å²) in [6, 6.07) is 9.03. The van der Waals surface area contributed by atoms with Crippen LogP contribution in [0.15, 0.2) is 40.9 Å². The van der Waals surface area contributed by atoms with E-state index in [2.05, 4.69) is 10.5 Å². The third-order valence-corrected chi connectivity index (χ3v) is 5.19. The molecule has 8 nitrogen and oxygen atoms in total. The molecule has 3 aromatic rings. The SMILES string of the molecule is Cc1onc(-c2c(F)cccc2Cl)c1C(=O)OCC(=O)NC(C)c1ccc2c(c1)OCO2. The first-order valence-electron chi connectivity index (χ1n) is 9.62. The molecule has 1 atom stereocenters. The summed E-state index contributed by atoms with van der Waals surface area (Å²) >= 11 is 6.07. The Bertz CT molecular complexity index is 1170. The molecule has 1 unspecified atom stereocenters. The number of hydrogen-bond acceptors (Lipinski definition) is 7. The van der Waals surface area contributed by atoms with Gasteiger partial charge in [0.05, 0.1) is 16.6 Å². The van der Waals surface area contributed by atoms with Crippen LogP contribution in [0.2, 0.25) is 5.02 Å². The molecule has 0 aliphatic carbocycles. The predicted molar refractivity (Wildman–Crippen MR) is 111 cm³/mol. The molecule has 32 heavy (non-hydrogen) atoms. The van der Waals surface area contributed by atoms with Crippen molar-refractivity contribution in [2.45, 2.75) is 19.9 Å². The molecule has 2 heterocycles. The summed E-state index contributed by atoms with van der Waals surface area (Å²) in [5.41, 5.74) is 0.512. The first kappa shape index (κ1) is 21.6. The Morgan fingerprint density at radius 1 is 1.25 bits per heavy atom.